The molecular weight excluding hydrogens is 200 g/mol. The molecule has 0 saturated heterocycles. The van der Waals surface area contributed by atoms with E-state index in [9.17, 15) is 0 Å². The fourth-order valence-corrected chi connectivity index (χ4v) is 1.78. The van der Waals surface area contributed by atoms with Gasteiger partial charge in [0, 0.05) is 18.4 Å². The van der Waals surface area contributed by atoms with Crippen LogP contribution in [0, 0.1) is 6.92 Å². The second kappa shape index (κ2) is 4.31. The number of furan rings is 1. The Morgan fingerprint density at radius 3 is 2.75 bits per heavy atom. The molecule has 0 aliphatic heterocycles. The van der Waals surface area contributed by atoms with Crippen LogP contribution in [-0.2, 0) is 6.54 Å². The molecular formula is C13H16N2O. The number of hydrogen-bond donors (Lipinski definition) is 1. The highest BCUT2D eigenvalue weighted by molar-refractivity contribution is 5.63. The van der Waals surface area contributed by atoms with Crippen molar-refractivity contribution in [3.8, 4) is 0 Å². The van der Waals surface area contributed by atoms with Crippen molar-refractivity contribution in [2.45, 2.75) is 13.5 Å². The van der Waals surface area contributed by atoms with Crippen molar-refractivity contribution in [3.05, 3.63) is 47.9 Å². The first-order chi connectivity index (χ1) is 7.68. The molecule has 1 heterocycles. The smallest absolute Gasteiger partial charge is 0.123 e. The van der Waals surface area contributed by atoms with Gasteiger partial charge in [-0.2, -0.15) is 0 Å². The molecule has 16 heavy (non-hydrogen) atoms. The number of hydrogen-bond acceptors (Lipinski definition) is 3. The molecule has 0 radical (unpaired) electrons. The molecule has 0 amide bonds. The van der Waals surface area contributed by atoms with Crippen LogP contribution in [0.4, 0.5) is 11.4 Å². The van der Waals surface area contributed by atoms with Gasteiger partial charge in [-0.25, -0.2) is 0 Å². The maximum atomic E-state index is 5.88. The van der Waals surface area contributed by atoms with Crippen LogP contribution < -0.4 is 10.6 Å². The Morgan fingerprint density at radius 2 is 2.06 bits per heavy atom. The molecule has 0 saturated carbocycles. The van der Waals surface area contributed by atoms with E-state index in [1.54, 1.807) is 6.26 Å². The quantitative estimate of drug-likeness (QED) is 0.802. The van der Waals surface area contributed by atoms with Gasteiger partial charge in [0.2, 0.25) is 0 Å². The van der Waals surface area contributed by atoms with Crippen LogP contribution in [0.25, 0.3) is 0 Å². The number of benzene rings is 1. The van der Waals surface area contributed by atoms with Crippen LogP contribution in [0.2, 0.25) is 0 Å². The third kappa shape index (κ3) is 2.03. The normalized spacial score (nSPS) is 10.4. The Balaban J connectivity index is 2.21. The highest BCUT2D eigenvalue weighted by atomic mass is 16.3. The van der Waals surface area contributed by atoms with Gasteiger partial charge >= 0.3 is 0 Å². The third-order valence-electron chi connectivity index (χ3n) is 2.73. The highest BCUT2D eigenvalue weighted by Crippen LogP contribution is 2.24. The molecule has 0 atom stereocenters. The summed E-state index contributed by atoms with van der Waals surface area (Å²) in [6, 6.07) is 9.82. The molecule has 0 spiro atoms. The van der Waals surface area contributed by atoms with Gasteiger partial charge in [-0.3, -0.25) is 0 Å². The Kier molecular flexibility index (Phi) is 2.86. The summed E-state index contributed by atoms with van der Waals surface area (Å²) in [7, 11) is 2.03. The monoisotopic (exact) mass is 216 g/mol. The molecule has 2 N–H and O–H groups in total. The van der Waals surface area contributed by atoms with Gasteiger partial charge < -0.3 is 15.1 Å². The average Bonchev–Trinajstić information content (AvgIpc) is 2.74. The minimum Gasteiger partial charge on any atom is -0.467 e. The van der Waals surface area contributed by atoms with Gasteiger partial charge in [-0.15, -0.1) is 0 Å². The summed E-state index contributed by atoms with van der Waals surface area (Å²) < 4.78 is 5.32. The molecule has 1 aromatic carbocycles. The lowest BCUT2D eigenvalue weighted by molar-refractivity contribution is 0.507. The van der Waals surface area contributed by atoms with E-state index in [1.807, 2.05) is 38.2 Å². The van der Waals surface area contributed by atoms with E-state index in [4.69, 9.17) is 10.2 Å². The highest BCUT2D eigenvalue weighted by Gasteiger charge is 2.08. The van der Waals surface area contributed by atoms with E-state index in [-0.39, 0.29) is 0 Å². The first-order valence-electron chi connectivity index (χ1n) is 5.27. The van der Waals surface area contributed by atoms with Crippen LogP contribution >= 0.6 is 0 Å². The molecule has 2 rings (SSSR count). The second-order valence-corrected chi connectivity index (χ2v) is 3.93. The maximum Gasteiger partial charge on any atom is 0.123 e. The minimum atomic E-state index is 0.747. The van der Waals surface area contributed by atoms with Crippen molar-refractivity contribution in [1.29, 1.82) is 0 Å². The van der Waals surface area contributed by atoms with E-state index in [0.29, 0.717) is 0 Å². The van der Waals surface area contributed by atoms with Crippen molar-refractivity contribution in [2.75, 3.05) is 17.7 Å². The Hall–Kier alpha value is -1.90. The van der Waals surface area contributed by atoms with Crippen molar-refractivity contribution in [2.24, 2.45) is 0 Å². The number of nitrogens with zero attached hydrogens (tertiary/aromatic N) is 1. The van der Waals surface area contributed by atoms with Crippen molar-refractivity contribution >= 4 is 11.4 Å². The van der Waals surface area contributed by atoms with Crippen LogP contribution in [0.3, 0.4) is 0 Å². The molecule has 84 valence electrons. The number of nitrogen functional groups attached to an aromatic ring is 1. The lowest BCUT2D eigenvalue weighted by Crippen LogP contribution is -2.17. The lowest BCUT2D eigenvalue weighted by atomic mass is 10.1. The SMILES string of the molecule is Cc1c(N)cccc1N(C)Cc1ccco1. The van der Waals surface area contributed by atoms with Crippen molar-refractivity contribution in [3.63, 3.8) is 0 Å². The largest absolute Gasteiger partial charge is 0.467 e. The number of anilines is 2. The summed E-state index contributed by atoms with van der Waals surface area (Å²) in [4.78, 5) is 2.13. The Morgan fingerprint density at radius 1 is 1.25 bits per heavy atom. The summed E-state index contributed by atoms with van der Waals surface area (Å²) in [5.74, 6) is 0.948. The molecule has 0 fully saturated rings. The van der Waals surface area contributed by atoms with Crippen LogP contribution in [-0.4, -0.2) is 7.05 Å². The molecule has 0 aliphatic rings. The maximum absolute atomic E-state index is 5.88. The Bertz CT molecular complexity index is 463. The summed E-state index contributed by atoms with van der Waals surface area (Å²) in [6.07, 6.45) is 1.69. The van der Waals surface area contributed by atoms with Crippen LogP contribution in [0.5, 0.6) is 0 Å². The zero-order valence-corrected chi connectivity index (χ0v) is 9.60. The van der Waals surface area contributed by atoms with Crippen molar-refractivity contribution in [1.82, 2.24) is 0 Å². The number of nitrogens with two attached hydrogens (primary N) is 1. The van der Waals surface area contributed by atoms with Crippen molar-refractivity contribution < 1.29 is 4.42 Å². The standard InChI is InChI=1S/C13H16N2O/c1-10-12(14)6-3-7-13(10)15(2)9-11-5-4-8-16-11/h3-8H,9,14H2,1-2H3. The van der Waals surface area contributed by atoms with E-state index in [2.05, 4.69) is 11.0 Å². The predicted molar refractivity (Wildman–Crippen MR) is 66.4 cm³/mol. The lowest BCUT2D eigenvalue weighted by Gasteiger charge is -2.21. The molecule has 0 aliphatic carbocycles. The van der Waals surface area contributed by atoms with E-state index >= 15 is 0 Å². The first kappa shape index (κ1) is 10.6. The second-order valence-electron chi connectivity index (χ2n) is 3.93. The van der Waals surface area contributed by atoms with Crippen LogP contribution in [0.15, 0.2) is 41.0 Å². The summed E-state index contributed by atoms with van der Waals surface area (Å²) in [5.41, 5.74) is 8.95. The van der Waals surface area contributed by atoms with E-state index in [1.165, 1.54) is 0 Å². The fraction of sp³-hybridized carbons (Fsp3) is 0.231. The molecule has 2 aromatic rings. The van der Waals surface area contributed by atoms with Crippen LogP contribution in [0.1, 0.15) is 11.3 Å². The Labute approximate surface area is 95.5 Å². The summed E-state index contributed by atoms with van der Waals surface area (Å²) in [5, 5.41) is 0. The topological polar surface area (TPSA) is 42.4 Å². The zero-order valence-electron chi connectivity index (χ0n) is 9.60. The summed E-state index contributed by atoms with van der Waals surface area (Å²) >= 11 is 0. The molecule has 0 unspecified atom stereocenters. The molecule has 3 nitrogen and oxygen atoms in total. The van der Waals surface area contributed by atoms with E-state index in [0.717, 1.165) is 29.2 Å². The molecule has 0 bridgehead atoms. The van der Waals surface area contributed by atoms with Gasteiger partial charge in [-0.1, -0.05) is 6.07 Å². The number of rotatable bonds is 3. The summed E-state index contributed by atoms with van der Waals surface area (Å²) in [6.45, 7) is 2.78. The third-order valence-corrected chi connectivity index (χ3v) is 2.73. The van der Waals surface area contributed by atoms with Gasteiger partial charge in [0.15, 0.2) is 0 Å². The van der Waals surface area contributed by atoms with E-state index < -0.39 is 0 Å². The van der Waals surface area contributed by atoms with Gasteiger partial charge in [0.1, 0.15) is 5.76 Å². The first-order valence-corrected chi connectivity index (χ1v) is 5.27. The van der Waals surface area contributed by atoms with Gasteiger partial charge in [0.25, 0.3) is 0 Å². The predicted octanol–water partition coefficient (Wildman–Crippen LogP) is 2.81. The average molecular weight is 216 g/mol. The minimum absolute atomic E-state index is 0.747. The zero-order chi connectivity index (χ0) is 11.5. The van der Waals surface area contributed by atoms with Gasteiger partial charge in [-0.05, 0) is 36.8 Å². The fourth-order valence-electron chi connectivity index (χ4n) is 1.78. The molecule has 1 aromatic heterocycles. The molecule has 3 heteroatoms. The van der Waals surface area contributed by atoms with Gasteiger partial charge in [0.05, 0.1) is 12.8 Å².